The summed E-state index contributed by atoms with van der Waals surface area (Å²) < 4.78 is -1.91. The molecule has 1 unspecified atom stereocenters. The van der Waals surface area contributed by atoms with Crippen LogP contribution >= 0.6 is 34.8 Å². The molecule has 1 amide bonds. The van der Waals surface area contributed by atoms with Crippen LogP contribution in [0.25, 0.3) is 0 Å². The van der Waals surface area contributed by atoms with Crippen molar-refractivity contribution in [3.63, 3.8) is 0 Å². The van der Waals surface area contributed by atoms with Gasteiger partial charge >= 0.3 is 0 Å². The second-order valence-electron chi connectivity index (χ2n) is 3.10. The first-order valence-corrected chi connectivity index (χ1v) is 5.47. The van der Waals surface area contributed by atoms with Crippen molar-refractivity contribution in [2.24, 2.45) is 0 Å². The van der Waals surface area contributed by atoms with Crippen LogP contribution in [-0.2, 0) is 4.79 Å². The number of hydrogen-bond acceptors (Lipinski definition) is 1. The minimum Gasteiger partial charge on any atom is -0.346 e. The van der Waals surface area contributed by atoms with Gasteiger partial charge in [-0.2, -0.15) is 0 Å². The summed E-state index contributed by atoms with van der Waals surface area (Å²) in [6, 6.07) is 9.26. The molecule has 1 atom stereocenters. The molecule has 0 spiro atoms. The van der Waals surface area contributed by atoms with Gasteiger partial charge < -0.3 is 5.32 Å². The summed E-state index contributed by atoms with van der Waals surface area (Å²) in [6.07, 6.45) is 0. The minimum absolute atomic E-state index is 0.186. The first-order chi connectivity index (χ1) is 6.91. The van der Waals surface area contributed by atoms with E-state index in [4.69, 9.17) is 34.8 Å². The molecule has 1 N–H and O–H groups in total. The lowest BCUT2D eigenvalue weighted by atomic mass is 10.1. The number of amides is 1. The number of hydrogen-bond donors (Lipinski definition) is 1. The van der Waals surface area contributed by atoms with Crippen molar-refractivity contribution in [3.8, 4) is 0 Å². The van der Waals surface area contributed by atoms with Crippen molar-refractivity contribution < 1.29 is 4.79 Å². The van der Waals surface area contributed by atoms with Crippen LogP contribution in [0, 0.1) is 0 Å². The van der Waals surface area contributed by atoms with Crippen molar-refractivity contribution in [2.75, 3.05) is 0 Å². The van der Waals surface area contributed by atoms with Crippen molar-refractivity contribution >= 4 is 40.7 Å². The molecule has 1 aromatic rings. The highest BCUT2D eigenvalue weighted by Gasteiger charge is 2.31. The van der Waals surface area contributed by atoms with E-state index in [0.717, 1.165) is 5.56 Å². The van der Waals surface area contributed by atoms with Crippen molar-refractivity contribution in [3.05, 3.63) is 35.9 Å². The van der Waals surface area contributed by atoms with Crippen LogP contribution in [0.1, 0.15) is 18.5 Å². The molecule has 0 aromatic heterocycles. The molecule has 0 fully saturated rings. The lowest BCUT2D eigenvalue weighted by Crippen LogP contribution is -2.36. The van der Waals surface area contributed by atoms with E-state index in [1.165, 1.54) is 0 Å². The van der Waals surface area contributed by atoms with Gasteiger partial charge in [-0.3, -0.25) is 4.79 Å². The Balaban J connectivity index is 2.65. The van der Waals surface area contributed by atoms with Gasteiger partial charge in [-0.1, -0.05) is 65.1 Å². The van der Waals surface area contributed by atoms with Gasteiger partial charge in [0.2, 0.25) is 0 Å². The molecule has 5 heteroatoms. The lowest BCUT2D eigenvalue weighted by molar-refractivity contribution is -0.120. The predicted octanol–water partition coefficient (Wildman–Crippen LogP) is 3.23. The first kappa shape index (κ1) is 12.6. The molecule has 0 heterocycles. The van der Waals surface area contributed by atoms with Crippen LogP contribution in [0.15, 0.2) is 30.3 Å². The zero-order valence-corrected chi connectivity index (χ0v) is 10.3. The molecule has 0 aliphatic rings. The number of benzene rings is 1. The molecule has 0 radical (unpaired) electrons. The van der Waals surface area contributed by atoms with Crippen LogP contribution < -0.4 is 5.32 Å². The fourth-order valence-corrected chi connectivity index (χ4v) is 1.27. The van der Waals surface area contributed by atoms with Crippen LogP contribution in [0.3, 0.4) is 0 Å². The molecule has 2 nitrogen and oxygen atoms in total. The topological polar surface area (TPSA) is 29.1 Å². The third kappa shape index (κ3) is 3.90. The van der Waals surface area contributed by atoms with Crippen molar-refractivity contribution in [1.82, 2.24) is 5.32 Å². The third-order valence-corrected chi connectivity index (χ3v) is 2.42. The monoisotopic (exact) mass is 265 g/mol. The number of carbonyl (C=O) groups excluding carboxylic acids is 1. The smallest absolute Gasteiger partial charge is 0.272 e. The zero-order chi connectivity index (χ0) is 11.5. The zero-order valence-electron chi connectivity index (χ0n) is 8.01. The third-order valence-electron chi connectivity index (χ3n) is 1.90. The molecule has 15 heavy (non-hydrogen) atoms. The molecule has 0 bridgehead atoms. The van der Waals surface area contributed by atoms with Gasteiger partial charge in [0.1, 0.15) is 0 Å². The summed E-state index contributed by atoms with van der Waals surface area (Å²) in [5, 5.41) is 2.60. The molecule has 0 saturated heterocycles. The Hall–Kier alpha value is -0.440. The molecule has 0 saturated carbocycles. The van der Waals surface area contributed by atoms with Gasteiger partial charge in [0.25, 0.3) is 9.70 Å². The van der Waals surface area contributed by atoms with Crippen LogP contribution in [-0.4, -0.2) is 9.70 Å². The molecule has 1 rings (SSSR count). The largest absolute Gasteiger partial charge is 0.346 e. The summed E-state index contributed by atoms with van der Waals surface area (Å²) >= 11 is 16.3. The van der Waals surface area contributed by atoms with E-state index in [2.05, 4.69) is 5.32 Å². The van der Waals surface area contributed by atoms with E-state index in [9.17, 15) is 4.79 Å². The second kappa shape index (κ2) is 5.06. The van der Waals surface area contributed by atoms with E-state index in [1.807, 2.05) is 37.3 Å². The molecule has 82 valence electrons. The Morgan fingerprint density at radius 2 is 1.80 bits per heavy atom. The van der Waals surface area contributed by atoms with Crippen molar-refractivity contribution in [1.29, 1.82) is 0 Å². The normalized spacial score (nSPS) is 13.3. The van der Waals surface area contributed by atoms with Gasteiger partial charge in [0.05, 0.1) is 6.04 Å². The number of carbonyl (C=O) groups is 1. The van der Waals surface area contributed by atoms with Gasteiger partial charge in [-0.15, -0.1) is 0 Å². The second-order valence-corrected chi connectivity index (χ2v) is 5.38. The number of halogens is 3. The van der Waals surface area contributed by atoms with E-state index in [0.29, 0.717) is 0 Å². The quantitative estimate of drug-likeness (QED) is 0.818. The number of rotatable bonds is 2. The standard InChI is InChI=1S/C10H10Cl3NO/c1-7(8-5-3-2-4-6-8)14-9(15)10(11,12)13/h2-7H,1H3,(H,14,15). The summed E-state index contributed by atoms with van der Waals surface area (Å²) in [7, 11) is 0. The minimum atomic E-state index is -1.91. The lowest BCUT2D eigenvalue weighted by Gasteiger charge is -2.17. The molecule has 1 aromatic carbocycles. The fraction of sp³-hybridized carbons (Fsp3) is 0.300. The van der Waals surface area contributed by atoms with E-state index in [1.54, 1.807) is 0 Å². The Morgan fingerprint density at radius 3 is 2.27 bits per heavy atom. The molecule has 0 aliphatic carbocycles. The summed E-state index contributed by atoms with van der Waals surface area (Å²) in [5.41, 5.74) is 0.958. The maximum atomic E-state index is 11.3. The predicted molar refractivity (Wildman–Crippen MR) is 63.3 cm³/mol. The Bertz CT molecular complexity index is 334. The van der Waals surface area contributed by atoms with E-state index in [-0.39, 0.29) is 6.04 Å². The highest BCUT2D eigenvalue weighted by Crippen LogP contribution is 2.27. The van der Waals surface area contributed by atoms with Gasteiger partial charge in [-0.25, -0.2) is 0 Å². The van der Waals surface area contributed by atoms with E-state index >= 15 is 0 Å². The molecule has 0 aliphatic heterocycles. The van der Waals surface area contributed by atoms with E-state index < -0.39 is 9.70 Å². The van der Waals surface area contributed by atoms with Crippen LogP contribution in [0.4, 0.5) is 0 Å². The highest BCUT2D eigenvalue weighted by atomic mass is 35.6. The van der Waals surface area contributed by atoms with Gasteiger partial charge in [0, 0.05) is 0 Å². The highest BCUT2D eigenvalue weighted by molar-refractivity contribution is 6.76. The average Bonchev–Trinajstić information content (AvgIpc) is 2.17. The van der Waals surface area contributed by atoms with Crippen molar-refractivity contribution in [2.45, 2.75) is 16.8 Å². The average molecular weight is 267 g/mol. The summed E-state index contributed by atoms with van der Waals surface area (Å²) in [4.78, 5) is 11.3. The Kier molecular flexibility index (Phi) is 4.26. The first-order valence-electron chi connectivity index (χ1n) is 4.34. The molecular formula is C10H10Cl3NO. The number of nitrogens with one attached hydrogen (secondary N) is 1. The summed E-state index contributed by atoms with van der Waals surface area (Å²) in [6.45, 7) is 1.82. The molecular weight excluding hydrogens is 256 g/mol. The van der Waals surface area contributed by atoms with Crippen LogP contribution in [0.2, 0.25) is 0 Å². The Morgan fingerprint density at radius 1 is 1.27 bits per heavy atom. The summed E-state index contributed by atoms with van der Waals surface area (Å²) in [5.74, 6) is -0.621. The maximum Gasteiger partial charge on any atom is 0.272 e. The van der Waals surface area contributed by atoms with Gasteiger partial charge in [0.15, 0.2) is 0 Å². The van der Waals surface area contributed by atoms with Gasteiger partial charge in [-0.05, 0) is 12.5 Å². The maximum absolute atomic E-state index is 11.3. The fourth-order valence-electron chi connectivity index (χ4n) is 1.10. The number of alkyl halides is 3. The SMILES string of the molecule is CC(NC(=O)C(Cl)(Cl)Cl)c1ccccc1. The van der Waals surface area contributed by atoms with Crippen LogP contribution in [0.5, 0.6) is 0 Å². The Labute approximate surface area is 104 Å².